The van der Waals surface area contributed by atoms with E-state index >= 15 is 0 Å². The maximum absolute atomic E-state index is 13.7. The molecule has 11 heteroatoms. The van der Waals surface area contributed by atoms with E-state index in [9.17, 15) is 27.6 Å². The van der Waals surface area contributed by atoms with Crippen LogP contribution in [0.15, 0.2) is 54.6 Å². The van der Waals surface area contributed by atoms with Gasteiger partial charge in [0.2, 0.25) is 5.91 Å². The molecule has 1 spiro atoms. The van der Waals surface area contributed by atoms with Crippen LogP contribution < -0.4 is 15.5 Å². The molecule has 0 aliphatic carbocycles. The number of halogens is 3. The van der Waals surface area contributed by atoms with Crippen molar-refractivity contribution in [3.05, 3.63) is 60.2 Å². The molecule has 0 saturated carbocycles. The second-order valence-corrected chi connectivity index (χ2v) is 9.78. The predicted octanol–water partition coefficient (Wildman–Crippen LogP) is 4.29. The second kappa shape index (κ2) is 10.9. The molecule has 0 bridgehead atoms. The third-order valence-electron chi connectivity index (χ3n) is 7.29. The van der Waals surface area contributed by atoms with E-state index in [1.165, 1.54) is 28.0 Å². The molecular formula is C27H32F3N5O3. The van der Waals surface area contributed by atoms with E-state index in [0.717, 1.165) is 18.2 Å². The van der Waals surface area contributed by atoms with E-state index in [1.807, 2.05) is 49.1 Å². The molecule has 4 rings (SSSR count). The lowest BCUT2D eigenvalue weighted by atomic mass is 9.85. The van der Waals surface area contributed by atoms with Gasteiger partial charge in [0.15, 0.2) is 0 Å². The summed E-state index contributed by atoms with van der Waals surface area (Å²) in [6.07, 6.45) is -3.28. The number of urea groups is 1. The number of amides is 4. The van der Waals surface area contributed by atoms with Crippen molar-refractivity contribution in [1.29, 1.82) is 0 Å². The van der Waals surface area contributed by atoms with Crippen molar-refractivity contribution in [1.82, 2.24) is 15.1 Å². The monoisotopic (exact) mass is 531 g/mol. The zero-order valence-corrected chi connectivity index (χ0v) is 21.4. The van der Waals surface area contributed by atoms with Crippen LogP contribution in [-0.2, 0) is 15.8 Å². The number of carbonyl (C=O) groups excluding carboxylic acids is 3. The SMILES string of the molecule is CC[C@@H](C)NC(=O)CN1CN(c2ccccc2)C2(CCN(C(=O)Nc3ccccc3C(F)(F)F)CC2)C1=O. The Morgan fingerprint density at radius 2 is 1.66 bits per heavy atom. The van der Waals surface area contributed by atoms with Gasteiger partial charge in [0, 0.05) is 24.8 Å². The molecule has 2 N–H and O–H groups in total. The Hall–Kier alpha value is -3.76. The molecular weight excluding hydrogens is 499 g/mol. The number of nitrogens with one attached hydrogen (secondary N) is 2. The number of piperidine rings is 1. The summed E-state index contributed by atoms with van der Waals surface area (Å²) in [5.74, 6) is -0.430. The highest BCUT2D eigenvalue weighted by Crippen LogP contribution is 2.40. The number of hydrogen-bond acceptors (Lipinski definition) is 4. The minimum absolute atomic E-state index is 0.0105. The number of hydrogen-bond donors (Lipinski definition) is 2. The Labute approximate surface area is 219 Å². The van der Waals surface area contributed by atoms with Crippen LogP contribution in [0.3, 0.4) is 0 Å². The summed E-state index contributed by atoms with van der Waals surface area (Å²) in [5.41, 5.74) is -1.37. The topological polar surface area (TPSA) is 85.0 Å². The highest BCUT2D eigenvalue weighted by Gasteiger charge is 2.54. The lowest BCUT2D eigenvalue weighted by Gasteiger charge is -2.43. The number of carbonyl (C=O) groups is 3. The Morgan fingerprint density at radius 1 is 1.03 bits per heavy atom. The molecule has 0 unspecified atom stereocenters. The molecule has 8 nitrogen and oxygen atoms in total. The van der Waals surface area contributed by atoms with E-state index in [-0.39, 0.29) is 62.7 Å². The van der Waals surface area contributed by atoms with E-state index in [2.05, 4.69) is 10.6 Å². The Bertz CT molecular complexity index is 1170. The van der Waals surface area contributed by atoms with Crippen molar-refractivity contribution in [2.45, 2.75) is 50.9 Å². The summed E-state index contributed by atoms with van der Waals surface area (Å²) in [7, 11) is 0. The highest BCUT2D eigenvalue weighted by molar-refractivity contribution is 5.97. The van der Waals surface area contributed by atoms with Gasteiger partial charge in [-0.3, -0.25) is 9.59 Å². The van der Waals surface area contributed by atoms with Gasteiger partial charge in [0.1, 0.15) is 12.1 Å². The number of alkyl halides is 3. The molecule has 1 atom stereocenters. The summed E-state index contributed by atoms with van der Waals surface area (Å²) in [5, 5.41) is 5.27. The first-order chi connectivity index (χ1) is 18.0. The smallest absolute Gasteiger partial charge is 0.352 e. The van der Waals surface area contributed by atoms with Gasteiger partial charge < -0.3 is 25.3 Å². The van der Waals surface area contributed by atoms with Gasteiger partial charge in [-0.05, 0) is 50.5 Å². The number of nitrogens with zero attached hydrogens (tertiary/aromatic N) is 3. The van der Waals surface area contributed by atoms with E-state index in [4.69, 9.17) is 0 Å². The van der Waals surface area contributed by atoms with Gasteiger partial charge >= 0.3 is 12.2 Å². The maximum atomic E-state index is 13.7. The quantitative estimate of drug-likeness (QED) is 0.583. The molecule has 2 fully saturated rings. The van der Waals surface area contributed by atoms with Crippen LogP contribution in [0.5, 0.6) is 0 Å². The predicted molar refractivity (Wildman–Crippen MR) is 137 cm³/mol. The normalized spacial score (nSPS) is 18.0. The van der Waals surface area contributed by atoms with Gasteiger partial charge in [-0.2, -0.15) is 13.2 Å². The molecule has 2 aliphatic rings. The maximum Gasteiger partial charge on any atom is 0.418 e. The lowest BCUT2D eigenvalue weighted by Crippen LogP contribution is -2.58. The number of benzene rings is 2. The molecule has 38 heavy (non-hydrogen) atoms. The molecule has 2 aliphatic heterocycles. The van der Waals surface area contributed by atoms with Crippen LogP contribution in [0, 0.1) is 0 Å². The second-order valence-electron chi connectivity index (χ2n) is 9.78. The Balaban J connectivity index is 1.50. The summed E-state index contributed by atoms with van der Waals surface area (Å²) >= 11 is 0. The standard InChI is InChI=1S/C27H32F3N5O3/c1-3-19(2)31-23(36)17-34-18-35(20-9-5-4-6-10-20)26(24(34)37)13-15-33(16-14-26)25(38)32-22-12-8-7-11-21(22)27(28,29)30/h4-12,19H,3,13-18H2,1-2H3,(H,31,36)(H,32,38)/t19-/m1/s1. The summed E-state index contributed by atoms with van der Waals surface area (Å²) < 4.78 is 40.1. The third kappa shape index (κ3) is 5.56. The van der Waals surface area contributed by atoms with Crippen LogP contribution in [-0.4, -0.2) is 65.5 Å². The summed E-state index contributed by atoms with van der Waals surface area (Å²) in [4.78, 5) is 44.1. The van der Waals surface area contributed by atoms with E-state index in [0.29, 0.717) is 0 Å². The first kappa shape index (κ1) is 27.3. The Morgan fingerprint density at radius 3 is 2.29 bits per heavy atom. The van der Waals surface area contributed by atoms with Crippen molar-refractivity contribution >= 4 is 29.2 Å². The van der Waals surface area contributed by atoms with Crippen molar-refractivity contribution in [3.63, 3.8) is 0 Å². The molecule has 2 saturated heterocycles. The van der Waals surface area contributed by atoms with Crippen molar-refractivity contribution in [2.75, 3.05) is 36.5 Å². The van der Waals surface area contributed by atoms with Crippen molar-refractivity contribution in [3.8, 4) is 0 Å². The summed E-state index contributed by atoms with van der Waals surface area (Å²) in [6.45, 7) is 4.34. The molecule has 0 aromatic heterocycles. The number of likely N-dealkylation sites (tertiary alicyclic amines) is 1. The summed E-state index contributed by atoms with van der Waals surface area (Å²) in [6, 6.07) is 13.6. The average molecular weight is 532 g/mol. The van der Waals surface area contributed by atoms with Crippen molar-refractivity contribution < 1.29 is 27.6 Å². The zero-order valence-electron chi connectivity index (χ0n) is 21.4. The Kier molecular flexibility index (Phi) is 7.84. The molecule has 2 heterocycles. The van der Waals surface area contributed by atoms with Crippen LogP contribution >= 0.6 is 0 Å². The van der Waals surface area contributed by atoms with Crippen molar-refractivity contribution in [2.24, 2.45) is 0 Å². The number of para-hydroxylation sites is 2. The highest BCUT2D eigenvalue weighted by atomic mass is 19.4. The molecule has 0 radical (unpaired) electrons. The van der Waals surface area contributed by atoms with Gasteiger partial charge in [0.05, 0.1) is 17.9 Å². The van der Waals surface area contributed by atoms with Crippen LogP contribution in [0.2, 0.25) is 0 Å². The molecule has 2 aromatic carbocycles. The number of rotatable bonds is 6. The molecule has 204 valence electrons. The number of anilines is 2. The van der Waals surface area contributed by atoms with Gasteiger partial charge in [-0.15, -0.1) is 0 Å². The fourth-order valence-corrected chi connectivity index (χ4v) is 5.03. The first-order valence-electron chi connectivity index (χ1n) is 12.7. The van der Waals surface area contributed by atoms with Crippen LogP contribution in [0.25, 0.3) is 0 Å². The minimum atomic E-state index is -4.60. The largest absolute Gasteiger partial charge is 0.418 e. The van der Waals surface area contributed by atoms with Gasteiger partial charge in [0.25, 0.3) is 5.91 Å². The van der Waals surface area contributed by atoms with Crippen LogP contribution in [0.4, 0.5) is 29.3 Å². The zero-order chi connectivity index (χ0) is 27.5. The van der Waals surface area contributed by atoms with Gasteiger partial charge in [-0.25, -0.2) is 4.79 Å². The fourth-order valence-electron chi connectivity index (χ4n) is 5.03. The van der Waals surface area contributed by atoms with E-state index < -0.39 is 23.3 Å². The average Bonchev–Trinajstić information content (AvgIpc) is 3.15. The fraction of sp³-hybridized carbons (Fsp3) is 0.444. The molecule has 4 amide bonds. The third-order valence-corrected chi connectivity index (χ3v) is 7.29. The molecule has 2 aromatic rings. The minimum Gasteiger partial charge on any atom is -0.352 e. The lowest BCUT2D eigenvalue weighted by molar-refractivity contribution is -0.137. The van der Waals surface area contributed by atoms with Gasteiger partial charge in [-0.1, -0.05) is 37.3 Å². The first-order valence-corrected chi connectivity index (χ1v) is 12.7. The van der Waals surface area contributed by atoms with E-state index in [1.54, 1.807) is 0 Å². The van der Waals surface area contributed by atoms with Crippen LogP contribution in [0.1, 0.15) is 38.7 Å².